The van der Waals surface area contributed by atoms with E-state index in [4.69, 9.17) is 19.9 Å². The lowest BCUT2D eigenvalue weighted by molar-refractivity contribution is 0.310. The number of rotatable bonds is 3. The molecule has 5 nitrogen and oxygen atoms in total. The van der Waals surface area contributed by atoms with Gasteiger partial charge < -0.3 is 19.9 Å². The largest absolute Gasteiger partial charge is 0.497 e. The Hall–Kier alpha value is -1.91. The van der Waals surface area contributed by atoms with Crippen LogP contribution in [0.5, 0.6) is 11.5 Å². The van der Waals surface area contributed by atoms with Gasteiger partial charge in [0.2, 0.25) is 0 Å². The number of benzene rings is 1. The van der Waals surface area contributed by atoms with Gasteiger partial charge in [-0.15, -0.1) is 0 Å². The molecule has 0 radical (unpaired) electrons. The van der Waals surface area contributed by atoms with Gasteiger partial charge in [0, 0.05) is 11.6 Å². The molecule has 1 heterocycles. The van der Waals surface area contributed by atoms with Crippen LogP contribution < -0.4 is 15.2 Å². The molecule has 0 saturated carbocycles. The fourth-order valence-electron chi connectivity index (χ4n) is 1.65. The fraction of sp³-hybridized carbons (Fsp3) is 0.364. The Labute approximate surface area is 93.8 Å². The van der Waals surface area contributed by atoms with E-state index in [0.717, 1.165) is 17.1 Å². The van der Waals surface area contributed by atoms with E-state index in [1.54, 1.807) is 14.2 Å². The molecule has 1 aliphatic heterocycles. The molecular weight excluding hydrogens is 208 g/mol. The van der Waals surface area contributed by atoms with Gasteiger partial charge in [0.25, 0.3) is 6.02 Å². The highest BCUT2D eigenvalue weighted by Crippen LogP contribution is 2.33. The summed E-state index contributed by atoms with van der Waals surface area (Å²) in [5.41, 5.74) is 6.42. The smallest absolute Gasteiger partial charge is 0.282 e. The Kier molecular flexibility index (Phi) is 2.85. The van der Waals surface area contributed by atoms with Crippen LogP contribution >= 0.6 is 0 Å². The zero-order valence-electron chi connectivity index (χ0n) is 9.27. The van der Waals surface area contributed by atoms with Crippen molar-refractivity contribution in [3.8, 4) is 11.5 Å². The van der Waals surface area contributed by atoms with Crippen molar-refractivity contribution in [2.24, 2.45) is 10.7 Å². The van der Waals surface area contributed by atoms with Gasteiger partial charge >= 0.3 is 0 Å². The molecule has 0 amide bonds. The molecule has 0 aromatic heterocycles. The zero-order chi connectivity index (χ0) is 11.5. The Morgan fingerprint density at radius 3 is 2.75 bits per heavy atom. The normalized spacial score (nSPS) is 18.9. The van der Waals surface area contributed by atoms with Crippen LogP contribution in [0.4, 0.5) is 0 Å². The van der Waals surface area contributed by atoms with Crippen molar-refractivity contribution in [2.45, 2.75) is 6.04 Å². The Morgan fingerprint density at radius 2 is 2.19 bits per heavy atom. The molecule has 16 heavy (non-hydrogen) atoms. The molecule has 0 fully saturated rings. The van der Waals surface area contributed by atoms with Crippen LogP contribution in [0.2, 0.25) is 0 Å². The summed E-state index contributed by atoms with van der Waals surface area (Å²) in [5, 5.41) is 0. The number of ether oxygens (including phenoxy) is 3. The number of nitrogens with zero attached hydrogens (tertiary/aromatic N) is 1. The van der Waals surface area contributed by atoms with E-state index in [2.05, 4.69) is 4.99 Å². The lowest BCUT2D eigenvalue weighted by atomic mass is 10.1. The van der Waals surface area contributed by atoms with Crippen molar-refractivity contribution in [3.05, 3.63) is 23.8 Å². The van der Waals surface area contributed by atoms with Crippen molar-refractivity contribution >= 4 is 6.02 Å². The van der Waals surface area contributed by atoms with Crippen molar-refractivity contribution in [3.63, 3.8) is 0 Å². The van der Waals surface area contributed by atoms with Gasteiger partial charge in [-0.3, -0.25) is 0 Å². The molecule has 1 unspecified atom stereocenters. The second-order valence-electron chi connectivity index (χ2n) is 3.40. The van der Waals surface area contributed by atoms with E-state index < -0.39 is 0 Å². The first-order valence-corrected chi connectivity index (χ1v) is 4.92. The Balaban J connectivity index is 2.33. The average Bonchev–Trinajstić information content (AvgIpc) is 2.74. The van der Waals surface area contributed by atoms with Gasteiger partial charge in [0.15, 0.2) is 0 Å². The summed E-state index contributed by atoms with van der Waals surface area (Å²) < 4.78 is 15.5. The second-order valence-corrected chi connectivity index (χ2v) is 3.40. The van der Waals surface area contributed by atoms with Gasteiger partial charge in [-0.1, -0.05) is 0 Å². The molecule has 2 N–H and O–H groups in total. The lowest BCUT2D eigenvalue weighted by Gasteiger charge is -2.12. The predicted octanol–water partition coefficient (Wildman–Crippen LogP) is 1.09. The van der Waals surface area contributed by atoms with Crippen molar-refractivity contribution < 1.29 is 14.2 Å². The van der Waals surface area contributed by atoms with Crippen LogP contribution in [0.15, 0.2) is 23.2 Å². The van der Waals surface area contributed by atoms with E-state index in [1.165, 1.54) is 0 Å². The maximum Gasteiger partial charge on any atom is 0.282 e. The first kappa shape index (κ1) is 10.6. The van der Waals surface area contributed by atoms with E-state index in [-0.39, 0.29) is 12.1 Å². The third kappa shape index (κ3) is 1.88. The Morgan fingerprint density at radius 1 is 1.38 bits per heavy atom. The highest BCUT2D eigenvalue weighted by atomic mass is 16.5. The second kappa shape index (κ2) is 4.30. The van der Waals surface area contributed by atoms with Crippen LogP contribution in [0.3, 0.4) is 0 Å². The summed E-state index contributed by atoms with van der Waals surface area (Å²) >= 11 is 0. The van der Waals surface area contributed by atoms with Crippen molar-refractivity contribution in [2.75, 3.05) is 20.8 Å². The third-order valence-electron chi connectivity index (χ3n) is 2.47. The molecule has 5 heteroatoms. The van der Waals surface area contributed by atoms with Gasteiger partial charge in [-0.05, 0) is 12.1 Å². The Bertz CT molecular complexity index is 418. The summed E-state index contributed by atoms with van der Waals surface area (Å²) in [6.45, 7) is 0.453. The van der Waals surface area contributed by atoms with Gasteiger partial charge in [-0.25, -0.2) is 4.99 Å². The van der Waals surface area contributed by atoms with E-state index in [1.807, 2.05) is 18.2 Å². The quantitative estimate of drug-likeness (QED) is 0.831. The minimum atomic E-state index is -0.0964. The number of hydrogen-bond donors (Lipinski definition) is 1. The summed E-state index contributed by atoms with van der Waals surface area (Å²) in [5.74, 6) is 1.47. The van der Waals surface area contributed by atoms with Gasteiger partial charge in [0.05, 0.1) is 14.2 Å². The minimum Gasteiger partial charge on any atom is -0.497 e. The summed E-state index contributed by atoms with van der Waals surface area (Å²) in [4.78, 5) is 4.17. The number of methoxy groups -OCH3 is 2. The van der Waals surface area contributed by atoms with Crippen molar-refractivity contribution in [1.82, 2.24) is 0 Å². The number of nitrogens with two attached hydrogens (primary N) is 1. The topological polar surface area (TPSA) is 66.1 Å². The fourth-order valence-corrected chi connectivity index (χ4v) is 1.65. The minimum absolute atomic E-state index is 0.0964. The third-order valence-corrected chi connectivity index (χ3v) is 2.47. The molecule has 1 aliphatic rings. The van der Waals surface area contributed by atoms with Gasteiger partial charge in [0.1, 0.15) is 24.1 Å². The highest BCUT2D eigenvalue weighted by Gasteiger charge is 2.22. The number of aliphatic imine (C=N–C) groups is 1. The number of hydrogen-bond acceptors (Lipinski definition) is 5. The molecule has 86 valence electrons. The van der Waals surface area contributed by atoms with Crippen LogP contribution in [-0.2, 0) is 4.74 Å². The monoisotopic (exact) mass is 222 g/mol. The van der Waals surface area contributed by atoms with E-state index >= 15 is 0 Å². The molecule has 0 aliphatic carbocycles. The molecule has 2 rings (SSSR count). The first-order chi connectivity index (χ1) is 7.74. The molecule has 1 atom stereocenters. The SMILES string of the molecule is COc1ccc(C2COC(N)=N2)c(OC)c1. The van der Waals surface area contributed by atoms with Crippen LogP contribution in [0.1, 0.15) is 11.6 Å². The maximum atomic E-state index is 5.47. The van der Waals surface area contributed by atoms with E-state index in [0.29, 0.717) is 6.61 Å². The highest BCUT2D eigenvalue weighted by molar-refractivity contribution is 5.73. The van der Waals surface area contributed by atoms with Crippen LogP contribution in [-0.4, -0.2) is 26.8 Å². The maximum absolute atomic E-state index is 5.47. The standard InChI is InChI=1S/C11H14N2O3/c1-14-7-3-4-8(10(5-7)15-2)9-6-16-11(12)13-9/h3-5,9H,6H2,1-2H3,(H2,12,13). The van der Waals surface area contributed by atoms with Crippen molar-refractivity contribution in [1.29, 1.82) is 0 Å². The zero-order valence-corrected chi connectivity index (χ0v) is 9.27. The lowest BCUT2D eigenvalue weighted by Crippen LogP contribution is -2.10. The molecule has 0 spiro atoms. The summed E-state index contributed by atoms with van der Waals surface area (Å²) in [6.07, 6.45) is 0. The van der Waals surface area contributed by atoms with Gasteiger partial charge in [-0.2, -0.15) is 0 Å². The summed E-state index contributed by atoms with van der Waals surface area (Å²) in [6, 6.07) is 5.72. The molecule has 1 aromatic rings. The first-order valence-electron chi connectivity index (χ1n) is 4.92. The summed E-state index contributed by atoms with van der Waals surface area (Å²) in [7, 11) is 3.23. The number of amidine groups is 1. The molecule has 1 aromatic carbocycles. The molecule has 0 bridgehead atoms. The predicted molar refractivity (Wildman–Crippen MR) is 59.9 cm³/mol. The van der Waals surface area contributed by atoms with E-state index in [9.17, 15) is 0 Å². The van der Waals surface area contributed by atoms with Crippen LogP contribution in [0, 0.1) is 0 Å². The van der Waals surface area contributed by atoms with Crippen LogP contribution in [0.25, 0.3) is 0 Å². The molecular formula is C11H14N2O3. The molecule has 0 saturated heterocycles. The average molecular weight is 222 g/mol.